The molecule has 7 heteroatoms. The van der Waals surface area contributed by atoms with Crippen LogP contribution in [0.4, 0.5) is 0 Å². The fourth-order valence-electron chi connectivity index (χ4n) is 0.979. The Kier molecular flexibility index (Phi) is 8.56. The molecule has 94 valence electrons. The number of hydrogen-bond acceptors (Lipinski definition) is 0. The molecule has 0 aliphatic carbocycles. The summed E-state index contributed by atoms with van der Waals surface area (Å²) in [6.45, 7) is 0. The topological polar surface area (TPSA) is 0 Å². The number of hydrogen-bond donors (Lipinski definition) is 0. The van der Waals surface area contributed by atoms with Crippen LogP contribution in [0.15, 0.2) is 42.5 Å². The monoisotopic (exact) mass is 386 g/mol. The molecule has 0 heterocycles. The van der Waals surface area contributed by atoms with Gasteiger partial charge in [0.25, 0.3) is 0 Å². The predicted molar refractivity (Wildman–Crippen MR) is 77.0 cm³/mol. The Labute approximate surface area is 136 Å². The van der Waals surface area contributed by atoms with Crippen molar-refractivity contribution in [3.63, 3.8) is 0 Å². The summed E-state index contributed by atoms with van der Waals surface area (Å²) in [7, 11) is 0. The molecule has 0 saturated heterocycles. The van der Waals surface area contributed by atoms with Gasteiger partial charge in [-0.05, 0) is 0 Å². The Morgan fingerprint density at radius 2 is 1.59 bits per heavy atom. The second-order valence-electron chi connectivity index (χ2n) is 2.89. The van der Waals surface area contributed by atoms with Crippen molar-refractivity contribution in [2.75, 3.05) is 0 Å². The summed E-state index contributed by atoms with van der Waals surface area (Å²) in [6.07, 6.45) is 0. The summed E-state index contributed by atoms with van der Waals surface area (Å²) < 4.78 is 0. The predicted octanol–water partition coefficient (Wildman–Crippen LogP) is 4.98. The van der Waals surface area contributed by atoms with Crippen molar-refractivity contribution in [2.45, 2.75) is 0 Å². The fraction of sp³-hybridized carbons (Fsp3) is 0. The minimum atomic E-state index is -2.74. The zero-order valence-electron chi connectivity index (χ0n) is 8.28. The van der Waals surface area contributed by atoms with Crippen molar-refractivity contribution in [3.05, 3.63) is 52.5 Å². The summed E-state index contributed by atoms with van der Waals surface area (Å²) in [5.74, 6) is 0. The molecule has 0 aliphatic rings. The molecule has 2 aromatic carbocycles. The van der Waals surface area contributed by atoms with E-state index in [1.807, 2.05) is 24.3 Å². The van der Waals surface area contributed by atoms with Crippen LogP contribution >= 0.6 is 56.4 Å². The summed E-state index contributed by atoms with van der Waals surface area (Å²) >= 11 is 28.2. The number of rotatable bonds is 1. The van der Waals surface area contributed by atoms with Crippen molar-refractivity contribution in [1.29, 1.82) is 0 Å². The molecule has 0 aliphatic heterocycles. The fourth-order valence-corrected chi connectivity index (χ4v) is 4.24. The maximum Gasteiger partial charge on any atom is 2.00 e. The molecule has 2 aromatic rings. The minimum absolute atomic E-state index is 0. The zero-order valence-corrected chi connectivity index (χ0v) is 14.2. The largest absolute Gasteiger partial charge is 2.00 e. The van der Waals surface area contributed by atoms with E-state index in [1.165, 1.54) is 0 Å². The van der Waals surface area contributed by atoms with Crippen molar-refractivity contribution in [1.82, 2.24) is 0 Å². The van der Waals surface area contributed by atoms with Crippen LogP contribution in [0.2, 0.25) is 10.0 Å². The second kappa shape index (κ2) is 8.14. The summed E-state index contributed by atoms with van der Waals surface area (Å²) in [6, 6.07) is 9.99. The first-order chi connectivity index (χ1) is 7.41. The summed E-state index contributed by atoms with van der Waals surface area (Å²) in [4.78, 5) is 0. The van der Waals surface area contributed by atoms with Gasteiger partial charge in [-0.1, -0.05) is 10.0 Å². The first-order valence-corrected chi connectivity index (χ1v) is 10.1. The van der Waals surface area contributed by atoms with Crippen LogP contribution in [0.5, 0.6) is 0 Å². The van der Waals surface area contributed by atoms with Crippen molar-refractivity contribution < 1.29 is 17.1 Å². The van der Waals surface area contributed by atoms with Gasteiger partial charge in [-0.25, -0.2) is 12.1 Å². The molecule has 0 unspecified atom stereocenters. The van der Waals surface area contributed by atoms with Crippen LogP contribution in [0.25, 0.3) is 0 Å². The van der Waals surface area contributed by atoms with Crippen LogP contribution in [-0.2, 0) is 17.1 Å². The smallest absolute Gasteiger partial charge is 0.212 e. The molecule has 0 fully saturated rings. The first kappa shape index (κ1) is 17.9. The maximum absolute atomic E-state index is 5.71. The van der Waals surface area contributed by atoms with E-state index in [0.717, 1.165) is 5.02 Å². The Balaban J connectivity index is 0.000000316. The van der Waals surface area contributed by atoms with Crippen LogP contribution < -0.4 is 5.19 Å². The van der Waals surface area contributed by atoms with Gasteiger partial charge in [0.2, 0.25) is 0 Å². The molecular formula is C10H7Cl5FeSi. The molecule has 0 atom stereocenters. The Bertz CT molecular complexity index is 418. The molecule has 0 aromatic heterocycles. The molecule has 0 bridgehead atoms. The van der Waals surface area contributed by atoms with E-state index in [0.29, 0.717) is 10.2 Å². The Morgan fingerprint density at radius 1 is 0.941 bits per heavy atom. The SMILES string of the molecule is Clc1[cH-]ccc1[Si](Cl)(Cl)Cl.Clc1ccc[cH-]1.[Fe+2]. The average molecular weight is 388 g/mol. The van der Waals surface area contributed by atoms with E-state index in [2.05, 4.69) is 0 Å². The first-order valence-electron chi connectivity index (χ1n) is 4.27. The van der Waals surface area contributed by atoms with Crippen molar-refractivity contribution in [3.8, 4) is 0 Å². The van der Waals surface area contributed by atoms with Crippen LogP contribution in [-0.4, -0.2) is 6.00 Å². The third kappa shape index (κ3) is 6.56. The van der Waals surface area contributed by atoms with Gasteiger partial charge in [0.15, 0.2) is 0 Å². The maximum atomic E-state index is 5.71. The molecule has 0 nitrogen and oxygen atoms in total. The van der Waals surface area contributed by atoms with Gasteiger partial charge in [-0.2, -0.15) is 30.3 Å². The Hall–Kier alpha value is 0.886. The average Bonchev–Trinajstić information content (AvgIpc) is 2.75. The molecule has 0 N–H and O–H groups in total. The molecule has 2 rings (SSSR count). The molecule has 17 heavy (non-hydrogen) atoms. The van der Waals surface area contributed by atoms with Gasteiger partial charge in [0.1, 0.15) is 0 Å². The van der Waals surface area contributed by atoms with Crippen molar-refractivity contribution in [2.24, 2.45) is 0 Å². The van der Waals surface area contributed by atoms with Gasteiger partial charge in [-0.3, -0.25) is 0 Å². The van der Waals surface area contributed by atoms with E-state index in [4.69, 9.17) is 56.4 Å². The van der Waals surface area contributed by atoms with E-state index in [1.54, 1.807) is 18.2 Å². The molecule has 0 radical (unpaired) electrons. The quantitative estimate of drug-likeness (QED) is 0.367. The standard InChI is InChI=1S/C5H3Cl4Si.C5H4Cl.Fe/c6-4-2-1-3-5(4)10(7,8)9;6-5-3-1-2-4-5;/h1-3H;1-4H;/q2*-1;+2. The van der Waals surface area contributed by atoms with Gasteiger partial charge >= 0.3 is 23.1 Å². The summed E-state index contributed by atoms with van der Waals surface area (Å²) in [5, 5.41) is 2.03. The van der Waals surface area contributed by atoms with Gasteiger partial charge in [0.05, 0.1) is 0 Å². The van der Waals surface area contributed by atoms with Gasteiger partial charge in [-0.15, -0.1) is 61.6 Å². The van der Waals surface area contributed by atoms with E-state index in [-0.39, 0.29) is 17.1 Å². The van der Waals surface area contributed by atoms with Gasteiger partial charge < -0.3 is 0 Å². The normalized spacial score (nSPS) is 10.2. The number of halogens is 5. The van der Waals surface area contributed by atoms with Gasteiger partial charge in [0, 0.05) is 0 Å². The zero-order chi connectivity index (χ0) is 12.2. The Morgan fingerprint density at radius 3 is 1.76 bits per heavy atom. The molecule has 0 saturated carbocycles. The molecule has 0 spiro atoms. The molecular weight excluding hydrogens is 381 g/mol. The van der Waals surface area contributed by atoms with Crippen LogP contribution in [0.3, 0.4) is 0 Å². The van der Waals surface area contributed by atoms with Crippen LogP contribution in [0.1, 0.15) is 0 Å². The van der Waals surface area contributed by atoms with E-state index in [9.17, 15) is 0 Å². The second-order valence-corrected chi connectivity index (χ2v) is 12.1. The van der Waals surface area contributed by atoms with Crippen LogP contribution in [0, 0.1) is 0 Å². The molecule has 0 amide bonds. The summed E-state index contributed by atoms with van der Waals surface area (Å²) in [5.41, 5.74) is 0. The van der Waals surface area contributed by atoms with E-state index < -0.39 is 6.00 Å². The van der Waals surface area contributed by atoms with E-state index >= 15 is 0 Å². The third-order valence-electron chi connectivity index (χ3n) is 1.69. The third-order valence-corrected chi connectivity index (χ3v) is 5.31. The van der Waals surface area contributed by atoms with Crippen molar-refractivity contribution >= 4 is 67.6 Å². The minimum Gasteiger partial charge on any atom is -0.212 e.